The lowest BCUT2D eigenvalue weighted by Crippen LogP contribution is -2.03. The van der Waals surface area contributed by atoms with Gasteiger partial charge in [0.05, 0.1) is 10.7 Å². The highest BCUT2D eigenvalue weighted by atomic mass is 35.5. The molecule has 1 heterocycles. The molecule has 3 nitrogen and oxygen atoms in total. The summed E-state index contributed by atoms with van der Waals surface area (Å²) in [6.07, 6.45) is 1.70. The summed E-state index contributed by atoms with van der Waals surface area (Å²) in [7, 11) is 0. The van der Waals surface area contributed by atoms with Crippen molar-refractivity contribution in [1.29, 1.82) is 0 Å². The van der Waals surface area contributed by atoms with E-state index in [1.54, 1.807) is 24.3 Å². The van der Waals surface area contributed by atoms with E-state index in [0.717, 1.165) is 30.1 Å². The third kappa shape index (κ3) is 2.53. The number of aromatic nitrogens is 2. The van der Waals surface area contributed by atoms with Crippen LogP contribution < -0.4 is 0 Å². The number of rotatable bonds is 4. The van der Waals surface area contributed by atoms with Crippen molar-refractivity contribution in [2.45, 2.75) is 19.8 Å². The number of hydrogen-bond acceptors (Lipinski definition) is 4. The van der Waals surface area contributed by atoms with Gasteiger partial charge in [-0.25, -0.2) is 0 Å². The predicted molar refractivity (Wildman–Crippen MR) is 68.8 cm³/mol. The second-order valence-electron chi connectivity index (χ2n) is 3.61. The van der Waals surface area contributed by atoms with Crippen molar-refractivity contribution in [1.82, 2.24) is 9.59 Å². The quantitative estimate of drug-likeness (QED) is 0.797. The van der Waals surface area contributed by atoms with Crippen molar-refractivity contribution < 1.29 is 4.79 Å². The highest BCUT2D eigenvalue weighted by Gasteiger charge is 2.19. The monoisotopic (exact) mass is 266 g/mol. The molecule has 1 aromatic carbocycles. The fourth-order valence-corrected chi connectivity index (χ4v) is 2.43. The van der Waals surface area contributed by atoms with Crippen molar-refractivity contribution in [2.75, 3.05) is 0 Å². The van der Waals surface area contributed by atoms with Crippen LogP contribution >= 0.6 is 23.1 Å². The molecular formula is C12H11ClN2OS. The van der Waals surface area contributed by atoms with Crippen molar-refractivity contribution in [2.24, 2.45) is 0 Å². The molecule has 17 heavy (non-hydrogen) atoms. The van der Waals surface area contributed by atoms with Crippen LogP contribution in [0.4, 0.5) is 0 Å². The predicted octanol–water partition coefficient (Wildman–Crippen LogP) is 3.38. The normalized spacial score (nSPS) is 10.5. The van der Waals surface area contributed by atoms with Gasteiger partial charge in [-0.1, -0.05) is 41.6 Å². The molecular weight excluding hydrogens is 256 g/mol. The smallest absolute Gasteiger partial charge is 0.208 e. The molecule has 0 N–H and O–H groups in total. The number of benzene rings is 1. The summed E-state index contributed by atoms with van der Waals surface area (Å²) in [5.74, 6) is -0.0888. The molecule has 0 unspecified atom stereocenters. The number of nitrogens with zero attached hydrogens (tertiary/aromatic N) is 2. The number of aryl methyl sites for hydroxylation is 1. The van der Waals surface area contributed by atoms with Gasteiger partial charge >= 0.3 is 0 Å². The maximum absolute atomic E-state index is 12.3. The molecule has 2 rings (SSSR count). The number of ketones is 1. The number of carbonyl (C=O) groups is 1. The van der Waals surface area contributed by atoms with E-state index in [1.165, 1.54) is 0 Å². The van der Waals surface area contributed by atoms with E-state index in [9.17, 15) is 4.79 Å². The second kappa shape index (κ2) is 5.38. The largest absolute Gasteiger partial charge is 0.288 e. The van der Waals surface area contributed by atoms with Gasteiger partial charge < -0.3 is 0 Å². The summed E-state index contributed by atoms with van der Waals surface area (Å²) in [4.78, 5) is 12.9. The molecule has 0 aliphatic heterocycles. The second-order valence-corrected chi connectivity index (χ2v) is 4.77. The molecule has 0 atom stereocenters. The Morgan fingerprint density at radius 1 is 1.41 bits per heavy atom. The van der Waals surface area contributed by atoms with Gasteiger partial charge in [-0.2, -0.15) is 0 Å². The van der Waals surface area contributed by atoms with Crippen LogP contribution in [0, 0.1) is 0 Å². The SMILES string of the molecule is CCCc1nnsc1C(=O)c1ccccc1Cl. The lowest BCUT2D eigenvalue weighted by atomic mass is 10.1. The first-order valence-electron chi connectivity index (χ1n) is 5.34. The molecule has 2 aromatic rings. The third-order valence-corrected chi connectivity index (χ3v) is 3.46. The highest BCUT2D eigenvalue weighted by molar-refractivity contribution is 7.08. The van der Waals surface area contributed by atoms with Crippen LogP contribution in [0.15, 0.2) is 24.3 Å². The summed E-state index contributed by atoms with van der Waals surface area (Å²) < 4.78 is 3.84. The van der Waals surface area contributed by atoms with Crippen LogP contribution in [-0.4, -0.2) is 15.4 Å². The van der Waals surface area contributed by atoms with Crippen LogP contribution in [-0.2, 0) is 6.42 Å². The number of carbonyl (C=O) groups excluding carboxylic acids is 1. The summed E-state index contributed by atoms with van der Waals surface area (Å²) in [6, 6.07) is 7.03. The molecule has 0 fully saturated rings. The standard InChI is InChI=1S/C12H11ClN2OS/c1-2-5-10-12(17-15-14-10)11(16)8-6-3-4-7-9(8)13/h3-4,6-7H,2,5H2,1H3. The van der Waals surface area contributed by atoms with Gasteiger partial charge in [0.15, 0.2) is 0 Å². The van der Waals surface area contributed by atoms with Gasteiger partial charge in [0.2, 0.25) is 5.78 Å². The van der Waals surface area contributed by atoms with E-state index in [-0.39, 0.29) is 5.78 Å². The minimum absolute atomic E-state index is 0.0888. The van der Waals surface area contributed by atoms with Crippen molar-refractivity contribution in [3.05, 3.63) is 45.4 Å². The van der Waals surface area contributed by atoms with Crippen LogP contribution in [0.25, 0.3) is 0 Å². The Kier molecular flexibility index (Phi) is 3.86. The van der Waals surface area contributed by atoms with Crippen molar-refractivity contribution in [3.63, 3.8) is 0 Å². The van der Waals surface area contributed by atoms with E-state index in [4.69, 9.17) is 11.6 Å². The van der Waals surface area contributed by atoms with Crippen LogP contribution in [0.1, 0.15) is 34.3 Å². The first-order chi connectivity index (χ1) is 8.24. The van der Waals surface area contributed by atoms with Crippen molar-refractivity contribution in [3.8, 4) is 0 Å². The van der Waals surface area contributed by atoms with E-state index in [1.807, 2.05) is 6.92 Å². The third-order valence-electron chi connectivity index (χ3n) is 2.37. The molecule has 0 amide bonds. The van der Waals surface area contributed by atoms with Gasteiger partial charge in [-0.3, -0.25) is 4.79 Å². The Bertz CT molecular complexity index is 539. The topological polar surface area (TPSA) is 42.9 Å². The van der Waals surface area contributed by atoms with E-state index in [0.29, 0.717) is 15.5 Å². The highest BCUT2D eigenvalue weighted by Crippen LogP contribution is 2.22. The fraction of sp³-hybridized carbons (Fsp3) is 0.250. The van der Waals surface area contributed by atoms with Gasteiger partial charge in [-0.05, 0) is 30.1 Å². The molecule has 88 valence electrons. The Labute approximate surface area is 109 Å². The van der Waals surface area contributed by atoms with Gasteiger partial charge in [-0.15, -0.1) is 5.10 Å². The average Bonchev–Trinajstić information content (AvgIpc) is 2.78. The molecule has 1 aromatic heterocycles. The lowest BCUT2D eigenvalue weighted by molar-refractivity contribution is 0.104. The summed E-state index contributed by atoms with van der Waals surface area (Å²) in [5, 5.41) is 4.45. The molecule has 0 bridgehead atoms. The first kappa shape index (κ1) is 12.2. The van der Waals surface area contributed by atoms with E-state index in [2.05, 4.69) is 9.59 Å². The molecule has 0 spiro atoms. The minimum Gasteiger partial charge on any atom is -0.288 e. The zero-order chi connectivity index (χ0) is 12.3. The molecule has 0 radical (unpaired) electrons. The molecule has 5 heteroatoms. The summed E-state index contributed by atoms with van der Waals surface area (Å²) >= 11 is 7.14. The maximum Gasteiger partial charge on any atom is 0.208 e. The van der Waals surface area contributed by atoms with Gasteiger partial charge in [0.25, 0.3) is 0 Å². The van der Waals surface area contributed by atoms with Crippen LogP contribution in [0.5, 0.6) is 0 Å². The molecule has 0 aliphatic carbocycles. The van der Waals surface area contributed by atoms with Gasteiger partial charge in [0, 0.05) is 5.56 Å². The average molecular weight is 267 g/mol. The zero-order valence-electron chi connectivity index (χ0n) is 9.31. The van der Waals surface area contributed by atoms with E-state index >= 15 is 0 Å². The molecule has 0 saturated heterocycles. The van der Waals surface area contributed by atoms with Crippen LogP contribution in [0.3, 0.4) is 0 Å². The lowest BCUT2D eigenvalue weighted by Gasteiger charge is -2.01. The Balaban J connectivity index is 2.37. The van der Waals surface area contributed by atoms with Crippen molar-refractivity contribution >= 4 is 28.9 Å². The summed E-state index contributed by atoms with van der Waals surface area (Å²) in [5.41, 5.74) is 1.28. The van der Waals surface area contributed by atoms with Crippen LogP contribution in [0.2, 0.25) is 5.02 Å². The first-order valence-corrected chi connectivity index (χ1v) is 6.49. The Hall–Kier alpha value is -1.26. The Morgan fingerprint density at radius 2 is 2.18 bits per heavy atom. The Morgan fingerprint density at radius 3 is 2.88 bits per heavy atom. The number of halogens is 1. The summed E-state index contributed by atoms with van der Waals surface area (Å²) in [6.45, 7) is 2.04. The zero-order valence-corrected chi connectivity index (χ0v) is 10.9. The van der Waals surface area contributed by atoms with E-state index < -0.39 is 0 Å². The minimum atomic E-state index is -0.0888. The molecule has 0 aliphatic rings. The fourth-order valence-electron chi connectivity index (χ4n) is 1.55. The van der Waals surface area contributed by atoms with Gasteiger partial charge in [0.1, 0.15) is 4.88 Å². The molecule has 0 saturated carbocycles. The number of hydrogen-bond donors (Lipinski definition) is 0. The maximum atomic E-state index is 12.3.